The zero-order valence-electron chi connectivity index (χ0n) is 14.5. The summed E-state index contributed by atoms with van der Waals surface area (Å²) in [5, 5.41) is 3.28. The molecule has 6 heteroatoms. The van der Waals surface area contributed by atoms with Gasteiger partial charge in [-0.1, -0.05) is 12.1 Å². The lowest BCUT2D eigenvalue weighted by Gasteiger charge is -2.20. The molecule has 1 saturated carbocycles. The van der Waals surface area contributed by atoms with E-state index in [0.29, 0.717) is 36.8 Å². The molecule has 0 bridgehead atoms. The number of anilines is 1. The molecule has 1 unspecified atom stereocenters. The van der Waals surface area contributed by atoms with Gasteiger partial charge in [0, 0.05) is 37.2 Å². The number of aliphatic imine (C=N–C) groups is 1. The molecule has 0 radical (unpaired) electrons. The van der Waals surface area contributed by atoms with E-state index in [2.05, 4.69) is 28.5 Å². The van der Waals surface area contributed by atoms with Gasteiger partial charge in [0.25, 0.3) is 0 Å². The van der Waals surface area contributed by atoms with E-state index in [4.69, 9.17) is 5.73 Å². The Bertz CT molecular complexity index is 671. The van der Waals surface area contributed by atoms with Crippen LogP contribution in [0.2, 0.25) is 0 Å². The maximum absolute atomic E-state index is 12.0. The van der Waals surface area contributed by atoms with Crippen LogP contribution >= 0.6 is 24.0 Å². The first-order valence-corrected chi connectivity index (χ1v) is 9.18. The number of amides is 1. The predicted molar refractivity (Wildman–Crippen MR) is 111 cm³/mol. The molecular weight excluding hydrogens is 427 g/mol. The van der Waals surface area contributed by atoms with Gasteiger partial charge in [0.1, 0.15) is 0 Å². The second-order valence-corrected chi connectivity index (χ2v) is 7.35. The van der Waals surface area contributed by atoms with E-state index < -0.39 is 0 Å². The number of fused-ring (bicyclic) bond motifs is 1. The molecule has 0 aromatic heterocycles. The summed E-state index contributed by atoms with van der Waals surface area (Å²) in [6, 6.07) is 6.89. The normalized spacial score (nSPS) is 23.2. The molecular formula is C19H27IN4O. The predicted octanol–water partition coefficient (Wildman–Crippen LogP) is 2.92. The summed E-state index contributed by atoms with van der Waals surface area (Å²) < 4.78 is 0. The van der Waals surface area contributed by atoms with Gasteiger partial charge in [-0.25, -0.2) is 0 Å². The number of aryl methyl sites for hydroxylation is 1. The van der Waals surface area contributed by atoms with Gasteiger partial charge >= 0.3 is 0 Å². The highest BCUT2D eigenvalue weighted by atomic mass is 127. The molecule has 3 N–H and O–H groups in total. The molecule has 2 aliphatic carbocycles. The van der Waals surface area contributed by atoms with Crippen molar-refractivity contribution in [1.82, 2.24) is 4.90 Å². The Morgan fingerprint density at radius 2 is 2.08 bits per heavy atom. The maximum Gasteiger partial charge on any atom is 0.223 e. The molecule has 1 aromatic carbocycles. The van der Waals surface area contributed by atoms with E-state index in [9.17, 15) is 4.79 Å². The van der Waals surface area contributed by atoms with Gasteiger partial charge in [-0.15, -0.1) is 24.0 Å². The van der Waals surface area contributed by atoms with Crippen molar-refractivity contribution < 1.29 is 4.79 Å². The lowest BCUT2D eigenvalue weighted by Crippen LogP contribution is -2.28. The molecule has 0 spiro atoms. The highest BCUT2D eigenvalue weighted by Crippen LogP contribution is 2.32. The van der Waals surface area contributed by atoms with Crippen LogP contribution in [0.15, 0.2) is 23.2 Å². The van der Waals surface area contributed by atoms with Crippen molar-refractivity contribution >= 4 is 41.5 Å². The number of hydrogen-bond acceptors (Lipinski definition) is 2. The van der Waals surface area contributed by atoms with Gasteiger partial charge < -0.3 is 16.0 Å². The minimum Gasteiger partial charge on any atom is -0.370 e. The number of rotatable bonds is 4. The first-order chi connectivity index (χ1) is 11.7. The van der Waals surface area contributed by atoms with Gasteiger partial charge in [-0.05, 0) is 55.7 Å². The maximum atomic E-state index is 12.0. The fourth-order valence-corrected chi connectivity index (χ4v) is 3.97. The summed E-state index contributed by atoms with van der Waals surface area (Å²) in [4.78, 5) is 18.5. The van der Waals surface area contributed by atoms with Gasteiger partial charge in [0.05, 0.1) is 0 Å². The Labute approximate surface area is 166 Å². The molecule has 3 aliphatic rings. The second-order valence-electron chi connectivity index (χ2n) is 7.35. The molecule has 1 atom stereocenters. The van der Waals surface area contributed by atoms with E-state index in [-0.39, 0.29) is 24.0 Å². The van der Waals surface area contributed by atoms with Crippen LogP contribution in [-0.2, 0) is 17.6 Å². The van der Waals surface area contributed by atoms with E-state index in [1.807, 2.05) is 4.90 Å². The van der Waals surface area contributed by atoms with Crippen molar-refractivity contribution in [3.63, 3.8) is 0 Å². The van der Waals surface area contributed by atoms with Crippen LogP contribution in [0.3, 0.4) is 0 Å². The summed E-state index contributed by atoms with van der Waals surface area (Å²) in [5.74, 6) is 1.07. The number of nitrogens with one attached hydrogen (secondary N) is 1. The van der Waals surface area contributed by atoms with Gasteiger partial charge in [0.15, 0.2) is 5.96 Å². The molecule has 1 saturated heterocycles. The van der Waals surface area contributed by atoms with Crippen LogP contribution in [-0.4, -0.2) is 35.9 Å². The summed E-state index contributed by atoms with van der Waals surface area (Å²) >= 11 is 0. The fourth-order valence-electron chi connectivity index (χ4n) is 3.97. The molecule has 2 fully saturated rings. The average Bonchev–Trinajstić information content (AvgIpc) is 3.36. The quantitative estimate of drug-likeness (QED) is 0.418. The van der Waals surface area contributed by atoms with Gasteiger partial charge in [-0.3, -0.25) is 9.79 Å². The van der Waals surface area contributed by atoms with Crippen LogP contribution < -0.4 is 11.1 Å². The number of nitrogens with two attached hydrogens (primary N) is 1. The van der Waals surface area contributed by atoms with Gasteiger partial charge in [-0.2, -0.15) is 0 Å². The van der Waals surface area contributed by atoms with Crippen LogP contribution in [0.4, 0.5) is 5.69 Å². The van der Waals surface area contributed by atoms with Crippen molar-refractivity contribution in [3.8, 4) is 0 Å². The first kappa shape index (κ1) is 18.5. The van der Waals surface area contributed by atoms with Crippen molar-refractivity contribution in [2.24, 2.45) is 16.6 Å². The average molecular weight is 454 g/mol. The summed E-state index contributed by atoms with van der Waals surface area (Å²) in [6.45, 7) is 1.48. The monoisotopic (exact) mass is 454 g/mol. The molecule has 25 heavy (non-hydrogen) atoms. The Hall–Kier alpha value is -1.31. The number of hydrogen-bond donors (Lipinski definition) is 2. The Balaban J connectivity index is 0.00000182. The lowest BCUT2D eigenvalue weighted by molar-refractivity contribution is -0.128. The number of likely N-dealkylation sites (tertiary alicyclic amines) is 1. The first-order valence-electron chi connectivity index (χ1n) is 9.18. The third-order valence-electron chi connectivity index (χ3n) is 5.40. The number of carbonyl (C=O) groups is 1. The fraction of sp³-hybridized carbons (Fsp3) is 0.579. The summed E-state index contributed by atoms with van der Waals surface area (Å²) in [5.41, 5.74) is 10.0. The third-order valence-corrected chi connectivity index (χ3v) is 5.40. The highest BCUT2D eigenvalue weighted by Gasteiger charge is 2.39. The zero-order valence-corrected chi connectivity index (χ0v) is 16.9. The van der Waals surface area contributed by atoms with E-state index in [1.165, 1.54) is 36.8 Å². The zero-order chi connectivity index (χ0) is 16.5. The standard InChI is InChI=1S/C19H26N4O.HI/c20-19(21-11-13-10-18(24)23(12-13)15-8-9-15)22-17-7-3-5-14-4-1-2-6-16(14)17;/h3,5,7,13,15H,1-2,4,6,8-12H2,(H3,20,21,22);1H. The highest BCUT2D eigenvalue weighted by molar-refractivity contribution is 14.0. The molecule has 1 aromatic rings. The smallest absolute Gasteiger partial charge is 0.223 e. The second kappa shape index (κ2) is 7.93. The van der Waals surface area contributed by atoms with Crippen LogP contribution in [0, 0.1) is 5.92 Å². The lowest BCUT2D eigenvalue weighted by atomic mass is 9.90. The number of benzene rings is 1. The molecule has 5 nitrogen and oxygen atoms in total. The SMILES string of the molecule is I.NC(=NCC1CC(=O)N(C2CC2)C1)Nc1cccc2c1CCCC2. The van der Waals surface area contributed by atoms with E-state index in [0.717, 1.165) is 25.1 Å². The minimum atomic E-state index is 0. The molecule has 4 rings (SSSR count). The van der Waals surface area contributed by atoms with Crippen molar-refractivity contribution in [2.75, 3.05) is 18.4 Å². The van der Waals surface area contributed by atoms with Crippen LogP contribution in [0.5, 0.6) is 0 Å². The molecule has 1 amide bonds. The molecule has 1 aliphatic heterocycles. The van der Waals surface area contributed by atoms with Crippen LogP contribution in [0.25, 0.3) is 0 Å². The van der Waals surface area contributed by atoms with Gasteiger partial charge in [0.2, 0.25) is 5.91 Å². The minimum absolute atomic E-state index is 0. The molecule has 136 valence electrons. The summed E-state index contributed by atoms with van der Waals surface area (Å²) in [7, 11) is 0. The van der Waals surface area contributed by atoms with Crippen molar-refractivity contribution in [2.45, 2.75) is 51.0 Å². The number of carbonyl (C=O) groups excluding carboxylic acids is 1. The Kier molecular flexibility index (Phi) is 5.86. The number of guanidine groups is 1. The summed E-state index contributed by atoms with van der Waals surface area (Å²) in [6.07, 6.45) is 7.74. The van der Waals surface area contributed by atoms with Crippen LogP contribution in [0.1, 0.15) is 43.2 Å². The van der Waals surface area contributed by atoms with E-state index in [1.54, 1.807) is 0 Å². The van der Waals surface area contributed by atoms with Crippen molar-refractivity contribution in [1.29, 1.82) is 0 Å². The third kappa shape index (κ3) is 4.27. The Morgan fingerprint density at radius 3 is 2.88 bits per heavy atom. The Morgan fingerprint density at radius 1 is 1.28 bits per heavy atom. The topological polar surface area (TPSA) is 70.7 Å². The molecule has 1 heterocycles. The number of halogens is 1. The van der Waals surface area contributed by atoms with Crippen molar-refractivity contribution in [3.05, 3.63) is 29.3 Å². The largest absolute Gasteiger partial charge is 0.370 e. The van der Waals surface area contributed by atoms with E-state index >= 15 is 0 Å². The number of nitrogens with zero attached hydrogens (tertiary/aromatic N) is 2.